The third kappa shape index (κ3) is 3.95. The summed E-state index contributed by atoms with van der Waals surface area (Å²) >= 11 is 0. The van der Waals surface area contributed by atoms with Crippen molar-refractivity contribution >= 4 is 18.1 Å². The van der Waals surface area contributed by atoms with Gasteiger partial charge in [0.2, 0.25) is 0 Å². The van der Waals surface area contributed by atoms with Gasteiger partial charge in [0.25, 0.3) is 0 Å². The largest absolute Gasteiger partial charge is 0.416 e. The van der Waals surface area contributed by atoms with Crippen LogP contribution in [0.25, 0.3) is 0 Å². The summed E-state index contributed by atoms with van der Waals surface area (Å²) in [5.74, 6) is -0.893. The SMILES string of the molecule is CCNc1cc(F)cc(C(F)(F)F)c1.Cl. The lowest BCUT2D eigenvalue weighted by molar-refractivity contribution is -0.137. The Morgan fingerprint density at radius 1 is 1.20 bits per heavy atom. The zero-order chi connectivity index (χ0) is 10.8. The zero-order valence-corrected chi connectivity index (χ0v) is 8.68. The molecule has 0 aliphatic carbocycles. The topological polar surface area (TPSA) is 12.0 Å². The first-order chi connectivity index (χ1) is 6.43. The molecule has 1 aromatic rings. The van der Waals surface area contributed by atoms with Crippen molar-refractivity contribution in [1.29, 1.82) is 0 Å². The van der Waals surface area contributed by atoms with E-state index in [-0.39, 0.29) is 18.1 Å². The van der Waals surface area contributed by atoms with E-state index in [9.17, 15) is 17.6 Å². The Bertz CT molecular complexity index is 324. The monoisotopic (exact) mass is 243 g/mol. The average Bonchev–Trinajstić information content (AvgIpc) is 2.02. The molecule has 0 radical (unpaired) electrons. The van der Waals surface area contributed by atoms with E-state index in [1.165, 1.54) is 0 Å². The summed E-state index contributed by atoms with van der Waals surface area (Å²) in [4.78, 5) is 0. The number of nitrogens with one attached hydrogen (secondary N) is 1. The first kappa shape index (κ1) is 14.0. The van der Waals surface area contributed by atoms with Gasteiger partial charge in [0, 0.05) is 12.2 Å². The number of anilines is 1. The van der Waals surface area contributed by atoms with Crippen molar-refractivity contribution in [1.82, 2.24) is 0 Å². The minimum absolute atomic E-state index is 0. The molecule has 1 rings (SSSR count). The molecule has 0 unspecified atom stereocenters. The molecule has 0 atom stereocenters. The average molecular weight is 244 g/mol. The normalized spacial score (nSPS) is 10.7. The molecule has 1 aromatic carbocycles. The van der Waals surface area contributed by atoms with Crippen LogP contribution in [0.4, 0.5) is 23.2 Å². The van der Waals surface area contributed by atoms with E-state index in [0.29, 0.717) is 12.6 Å². The van der Waals surface area contributed by atoms with E-state index < -0.39 is 17.6 Å². The number of benzene rings is 1. The lowest BCUT2D eigenvalue weighted by Crippen LogP contribution is -2.07. The molecule has 86 valence electrons. The smallest absolute Gasteiger partial charge is 0.385 e. The number of alkyl halides is 3. The highest BCUT2D eigenvalue weighted by molar-refractivity contribution is 5.85. The maximum absolute atomic E-state index is 12.7. The predicted octanol–water partition coefficient (Wildman–Crippen LogP) is 3.70. The van der Waals surface area contributed by atoms with Gasteiger partial charge in [0.1, 0.15) is 5.82 Å². The molecule has 0 heterocycles. The van der Waals surface area contributed by atoms with Crippen LogP contribution in [0.1, 0.15) is 12.5 Å². The zero-order valence-electron chi connectivity index (χ0n) is 7.86. The second-order valence-corrected chi connectivity index (χ2v) is 2.76. The fourth-order valence-corrected chi connectivity index (χ4v) is 1.06. The van der Waals surface area contributed by atoms with Crippen LogP contribution in [0.15, 0.2) is 18.2 Å². The Balaban J connectivity index is 0.00000196. The minimum Gasteiger partial charge on any atom is -0.385 e. The second-order valence-electron chi connectivity index (χ2n) is 2.76. The van der Waals surface area contributed by atoms with Gasteiger partial charge in [-0.3, -0.25) is 0 Å². The first-order valence-electron chi connectivity index (χ1n) is 4.05. The van der Waals surface area contributed by atoms with Crippen molar-refractivity contribution in [2.45, 2.75) is 13.1 Å². The minimum atomic E-state index is -4.51. The van der Waals surface area contributed by atoms with Gasteiger partial charge < -0.3 is 5.32 Å². The number of halogens is 5. The van der Waals surface area contributed by atoms with Crippen molar-refractivity contribution in [2.24, 2.45) is 0 Å². The molecule has 0 saturated carbocycles. The van der Waals surface area contributed by atoms with Crippen LogP contribution in [0.2, 0.25) is 0 Å². The molecule has 0 amide bonds. The lowest BCUT2D eigenvalue weighted by atomic mass is 10.2. The quantitative estimate of drug-likeness (QED) is 0.781. The highest BCUT2D eigenvalue weighted by atomic mass is 35.5. The molecular formula is C9H10ClF4N. The van der Waals surface area contributed by atoms with Crippen LogP contribution in [0.3, 0.4) is 0 Å². The summed E-state index contributed by atoms with van der Waals surface area (Å²) in [5.41, 5.74) is -0.840. The van der Waals surface area contributed by atoms with Gasteiger partial charge >= 0.3 is 6.18 Å². The van der Waals surface area contributed by atoms with E-state index in [1.807, 2.05) is 0 Å². The van der Waals surface area contributed by atoms with Crippen molar-refractivity contribution in [3.63, 3.8) is 0 Å². The van der Waals surface area contributed by atoms with Crippen LogP contribution in [-0.4, -0.2) is 6.54 Å². The van der Waals surface area contributed by atoms with Gasteiger partial charge in [0.05, 0.1) is 5.56 Å². The molecule has 0 aromatic heterocycles. The highest BCUT2D eigenvalue weighted by Gasteiger charge is 2.31. The Kier molecular flexibility index (Phi) is 4.87. The molecule has 15 heavy (non-hydrogen) atoms. The maximum Gasteiger partial charge on any atom is 0.416 e. The molecule has 0 aliphatic heterocycles. The Morgan fingerprint density at radius 3 is 2.27 bits per heavy atom. The summed E-state index contributed by atoms with van der Waals surface area (Å²) in [5, 5.41) is 2.62. The van der Waals surface area contributed by atoms with E-state index >= 15 is 0 Å². The van der Waals surface area contributed by atoms with Crippen molar-refractivity contribution in [3.8, 4) is 0 Å². The van der Waals surface area contributed by atoms with E-state index in [2.05, 4.69) is 5.32 Å². The number of hydrogen-bond donors (Lipinski definition) is 1. The Labute approximate surface area is 90.9 Å². The second kappa shape index (κ2) is 5.21. The van der Waals surface area contributed by atoms with Crippen molar-refractivity contribution < 1.29 is 17.6 Å². The van der Waals surface area contributed by atoms with Crippen LogP contribution in [-0.2, 0) is 6.18 Å². The lowest BCUT2D eigenvalue weighted by Gasteiger charge is -2.09. The molecule has 0 bridgehead atoms. The molecular weight excluding hydrogens is 234 g/mol. The van der Waals surface area contributed by atoms with Crippen LogP contribution >= 0.6 is 12.4 Å². The van der Waals surface area contributed by atoms with E-state index in [1.54, 1.807) is 6.92 Å². The summed E-state index contributed by atoms with van der Waals surface area (Å²) < 4.78 is 49.3. The van der Waals surface area contributed by atoms with Gasteiger partial charge in [-0.1, -0.05) is 0 Å². The maximum atomic E-state index is 12.7. The molecule has 0 aliphatic rings. The molecule has 1 N–H and O–H groups in total. The van der Waals surface area contributed by atoms with Crippen LogP contribution in [0, 0.1) is 5.82 Å². The fourth-order valence-electron chi connectivity index (χ4n) is 1.06. The molecule has 0 spiro atoms. The van der Waals surface area contributed by atoms with Gasteiger partial charge in [0.15, 0.2) is 0 Å². The predicted molar refractivity (Wildman–Crippen MR) is 52.8 cm³/mol. The molecule has 0 saturated heterocycles. The Hall–Kier alpha value is -0.970. The van der Waals surface area contributed by atoms with Gasteiger partial charge in [-0.25, -0.2) is 4.39 Å². The Morgan fingerprint density at radius 2 is 1.80 bits per heavy atom. The summed E-state index contributed by atoms with van der Waals surface area (Å²) in [6, 6.07) is 2.38. The van der Waals surface area contributed by atoms with Crippen LogP contribution in [0.5, 0.6) is 0 Å². The summed E-state index contributed by atoms with van der Waals surface area (Å²) in [6.07, 6.45) is -4.51. The van der Waals surface area contributed by atoms with Crippen molar-refractivity contribution in [3.05, 3.63) is 29.6 Å². The van der Waals surface area contributed by atoms with Gasteiger partial charge in [-0.15, -0.1) is 12.4 Å². The van der Waals surface area contributed by atoms with E-state index in [4.69, 9.17) is 0 Å². The third-order valence-corrected chi connectivity index (χ3v) is 1.61. The highest BCUT2D eigenvalue weighted by Crippen LogP contribution is 2.31. The summed E-state index contributed by atoms with van der Waals surface area (Å²) in [7, 11) is 0. The first-order valence-corrected chi connectivity index (χ1v) is 4.05. The van der Waals surface area contributed by atoms with Crippen LogP contribution < -0.4 is 5.32 Å². The van der Waals surface area contributed by atoms with Gasteiger partial charge in [-0.2, -0.15) is 13.2 Å². The molecule has 0 fully saturated rings. The fraction of sp³-hybridized carbons (Fsp3) is 0.333. The van der Waals surface area contributed by atoms with Gasteiger partial charge in [-0.05, 0) is 25.1 Å². The van der Waals surface area contributed by atoms with E-state index in [0.717, 1.165) is 12.1 Å². The summed E-state index contributed by atoms with van der Waals surface area (Å²) in [6.45, 7) is 2.17. The standard InChI is InChI=1S/C9H9F4N.ClH/c1-2-14-8-4-6(9(11,12)13)3-7(10)5-8;/h3-5,14H,2H2,1H3;1H. The van der Waals surface area contributed by atoms with Crippen molar-refractivity contribution in [2.75, 3.05) is 11.9 Å². The number of hydrogen-bond acceptors (Lipinski definition) is 1. The third-order valence-electron chi connectivity index (χ3n) is 1.61. The molecule has 1 nitrogen and oxygen atoms in total. The number of rotatable bonds is 2. The molecule has 6 heteroatoms.